The molecule has 1 aromatic heterocycles. The molecule has 2 aromatic rings. The summed E-state index contributed by atoms with van der Waals surface area (Å²) in [5.41, 5.74) is 1.95. The quantitative estimate of drug-likeness (QED) is 0.367. The average molecular weight is 487 g/mol. The molecule has 176 valence electrons. The Morgan fingerprint density at radius 3 is 2.41 bits per heavy atom. The molecule has 2 rings (SSSR count). The van der Waals surface area contributed by atoms with Crippen LogP contribution in [-0.4, -0.2) is 62.3 Å². The molecule has 1 heterocycles. The zero-order chi connectivity index (χ0) is 24.1. The standard InChI is InChI=1S/C21H27ClN2O7S/c1-13-11-18(14(2)24(13)9-10-30-4)19(26)12-31-21(27)20(15(3)25)23-32(28,29)17-7-5-16(22)6-8-17/h5-8,11,15,20,23,25H,9-10,12H2,1-4H3. The second kappa shape index (κ2) is 11.1. The van der Waals surface area contributed by atoms with Crippen LogP contribution in [0.2, 0.25) is 5.02 Å². The normalized spacial score (nSPS) is 13.6. The number of esters is 1. The molecule has 11 heteroatoms. The minimum Gasteiger partial charge on any atom is -0.456 e. The molecule has 0 radical (unpaired) electrons. The molecule has 0 spiro atoms. The largest absolute Gasteiger partial charge is 0.456 e. The lowest BCUT2D eigenvalue weighted by Crippen LogP contribution is -2.48. The lowest BCUT2D eigenvalue weighted by molar-refractivity contribution is -0.147. The van der Waals surface area contributed by atoms with Crippen molar-refractivity contribution in [2.75, 3.05) is 20.3 Å². The number of ether oxygens (including phenoxy) is 2. The molecule has 0 bridgehead atoms. The maximum atomic E-state index is 12.6. The number of nitrogens with zero attached hydrogens (tertiary/aromatic N) is 1. The summed E-state index contributed by atoms with van der Waals surface area (Å²) in [6.45, 7) is 5.30. The molecule has 2 unspecified atom stereocenters. The Balaban J connectivity index is 2.09. The number of aromatic nitrogens is 1. The van der Waals surface area contributed by atoms with E-state index in [1.54, 1.807) is 20.1 Å². The highest BCUT2D eigenvalue weighted by atomic mass is 35.5. The smallest absolute Gasteiger partial charge is 0.327 e. The number of Topliss-reactive ketones (excluding diaryl/α,β-unsaturated/α-hetero) is 1. The maximum Gasteiger partial charge on any atom is 0.327 e. The molecule has 0 fully saturated rings. The molecule has 0 aliphatic heterocycles. The highest BCUT2D eigenvalue weighted by molar-refractivity contribution is 7.89. The lowest BCUT2D eigenvalue weighted by atomic mass is 10.1. The first-order valence-corrected chi connectivity index (χ1v) is 11.7. The maximum absolute atomic E-state index is 12.6. The van der Waals surface area contributed by atoms with Crippen molar-refractivity contribution in [3.8, 4) is 0 Å². The van der Waals surface area contributed by atoms with E-state index in [0.29, 0.717) is 29.4 Å². The number of sulfonamides is 1. The van der Waals surface area contributed by atoms with E-state index in [2.05, 4.69) is 4.72 Å². The van der Waals surface area contributed by atoms with Gasteiger partial charge in [-0.1, -0.05) is 11.6 Å². The Kier molecular flexibility index (Phi) is 8.99. The van der Waals surface area contributed by atoms with E-state index in [1.165, 1.54) is 31.2 Å². The van der Waals surface area contributed by atoms with Crippen molar-refractivity contribution in [1.29, 1.82) is 0 Å². The zero-order valence-electron chi connectivity index (χ0n) is 18.3. The third-order valence-corrected chi connectivity index (χ3v) is 6.59. The molecule has 0 aliphatic rings. The van der Waals surface area contributed by atoms with Gasteiger partial charge in [-0.3, -0.25) is 9.59 Å². The number of aliphatic hydroxyl groups is 1. The molecular formula is C21H27ClN2O7S. The van der Waals surface area contributed by atoms with Crippen LogP contribution < -0.4 is 4.72 Å². The second-order valence-corrected chi connectivity index (χ2v) is 9.40. The van der Waals surface area contributed by atoms with Gasteiger partial charge in [-0.15, -0.1) is 0 Å². The monoisotopic (exact) mass is 486 g/mol. The fraction of sp³-hybridized carbons (Fsp3) is 0.429. The van der Waals surface area contributed by atoms with E-state index in [4.69, 9.17) is 21.1 Å². The summed E-state index contributed by atoms with van der Waals surface area (Å²) >= 11 is 5.77. The van der Waals surface area contributed by atoms with E-state index in [1.807, 2.05) is 11.5 Å². The highest BCUT2D eigenvalue weighted by Gasteiger charge is 2.31. The second-order valence-electron chi connectivity index (χ2n) is 7.25. The zero-order valence-corrected chi connectivity index (χ0v) is 19.9. The number of halogens is 1. The summed E-state index contributed by atoms with van der Waals surface area (Å²) in [4.78, 5) is 24.9. The van der Waals surface area contributed by atoms with Crippen molar-refractivity contribution in [2.45, 2.75) is 44.4 Å². The van der Waals surface area contributed by atoms with Crippen LogP contribution in [0.25, 0.3) is 0 Å². The van der Waals surface area contributed by atoms with Gasteiger partial charge in [0.15, 0.2) is 6.61 Å². The van der Waals surface area contributed by atoms with Crippen LogP contribution in [0.1, 0.15) is 28.7 Å². The Morgan fingerprint density at radius 2 is 1.84 bits per heavy atom. The van der Waals surface area contributed by atoms with Crippen molar-refractivity contribution in [1.82, 2.24) is 9.29 Å². The number of hydrogen-bond acceptors (Lipinski definition) is 7. The van der Waals surface area contributed by atoms with Gasteiger partial charge in [0.05, 0.1) is 17.6 Å². The predicted octanol–water partition coefficient (Wildman–Crippen LogP) is 1.86. The number of methoxy groups -OCH3 is 1. The fourth-order valence-electron chi connectivity index (χ4n) is 3.11. The first-order valence-electron chi connectivity index (χ1n) is 9.79. The van der Waals surface area contributed by atoms with E-state index >= 15 is 0 Å². The van der Waals surface area contributed by atoms with Crippen LogP contribution in [-0.2, 0) is 30.8 Å². The first-order chi connectivity index (χ1) is 15.0. The van der Waals surface area contributed by atoms with Gasteiger partial charge in [0, 0.05) is 35.6 Å². The molecule has 0 aliphatic carbocycles. The molecular weight excluding hydrogens is 460 g/mol. The molecule has 32 heavy (non-hydrogen) atoms. The predicted molar refractivity (Wildman–Crippen MR) is 118 cm³/mol. The van der Waals surface area contributed by atoms with E-state index < -0.39 is 40.5 Å². The van der Waals surface area contributed by atoms with Crippen LogP contribution in [0, 0.1) is 13.8 Å². The number of nitrogens with one attached hydrogen (secondary N) is 1. The van der Waals surface area contributed by atoms with E-state index in [-0.39, 0.29) is 4.90 Å². The Bertz CT molecular complexity index is 1060. The van der Waals surface area contributed by atoms with Gasteiger partial charge in [-0.25, -0.2) is 8.42 Å². The molecule has 9 nitrogen and oxygen atoms in total. The van der Waals surface area contributed by atoms with Crippen molar-refractivity contribution in [3.05, 3.63) is 52.3 Å². The van der Waals surface area contributed by atoms with Crippen LogP contribution >= 0.6 is 11.6 Å². The van der Waals surface area contributed by atoms with Gasteiger partial charge in [-0.05, 0) is 51.1 Å². The topological polar surface area (TPSA) is 124 Å². The van der Waals surface area contributed by atoms with Crippen LogP contribution in [0.4, 0.5) is 0 Å². The van der Waals surface area contributed by atoms with E-state index in [9.17, 15) is 23.1 Å². The third kappa shape index (κ3) is 6.39. The van der Waals surface area contributed by atoms with Crippen molar-refractivity contribution >= 4 is 33.4 Å². The average Bonchev–Trinajstić information content (AvgIpc) is 3.02. The Morgan fingerprint density at radius 1 is 1.22 bits per heavy atom. The highest BCUT2D eigenvalue weighted by Crippen LogP contribution is 2.17. The number of rotatable bonds is 11. The van der Waals surface area contributed by atoms with Gasteiger partial charge in [0.25, 0.3) is 0 Å². The Hall–Kier alpha value is -2.24. The summed E-state index contributed by atoms with van der Waals surface area (Å²) in [5.74, 6) is -1.51. The number of hydrogen-bond donors (Lipinski definition) is 2. The minimum absolute atomic E-state index is 0.139. The van der Waals surface area contributed by atoms with Gasteiger partial charge in [0.2, 0.25) is 15.8 Å². The molecule has 0 saturated carbocycles. The summed E-state index contributed by atoms with van der Waals surface area (Å²) < 4.78 is 39.2. The Labute approximate surface area is 192 Å². The van der Waals surface area contributed by atoms with Gasteiger partial charge >= 0.3 is 5.97 Å². The molecule has 1 aromatic carbocycles. The lowest BCUT2D eigenvalue weighted by Gasteiger charge is -2.20. The summed E-state index contributed by atoms with van der Waals surface area (Å²) in [7, 11) is -2.56. The minimum atomic E-state index is -4.14. The first kappa shape index (κ1) is 26.0. The molecule has 2 atom stereocenters. The van der Waals surface area contributed by atoms with Crippen molar-refractivity contribution in [3.63, 3.8) is 0 Å². The van der Waals surface area contributed by atoms with Gasteiger partial charge < -0.3 is 19.1 Å². The number of ketones is 1. The van der Waals surface area contributed by atoms with E-state index in [0.717, 1.165) is 5.69 Å². The fourth-order valence-corrected chi connectivity index (χ4v) is 4.49. The molecule has 2 N–H and O–H groups in total. The van der Waals surface area contributed by atoms with Crippen LogP contribution in [0.5, 0.6) is 0 Å². The number of aliphatic hydroxyl groups excluding tert-OH is 1. The number of benzene rings is 1. The SMILES string of the molecule is COCCn1c(C)cc(C(=O)COC(=O)C(NS(=O)(=O)c2ccc(Cl)cc2)C(C)O)c1C. The summed E-state index contributed by atoms with van der Waals surface area (Å²) in [6, 6.07) is 5.38. The number of aryl methyl sites for hydroxylation is 1. The van der Waals surface area contributed by atoms with Gasteiger partial charge in [0.1, 0.15) is 6.04 Å². The summed E-state index contributed by atoms with van der Waals surface area (Å²) in [6.07, 6.45) is -1.40. The van der Waals surface area contributed by atoms with Crippen molar-refractivity contribution < 1.29 is 32.6 Å². The van der Waals surface area contributed by atoms with Gasteiger partial charge in [-0.2, -0.15) is 4.72 Å². The summed E-state index contributed by atoms with van der Waals surface area (Å²) in [5, 5.41) is 10.3. The number of carbonyl (C=O) groups excluding carboxylic acids is 2. The van der Waals surface area contributed by atoms with Crippen LogP contribution in [0.3, 0.4) is 0 Å². The van der Waals surface area contributed by atoms with Crippen LogP contribution in [0.15, 0.2) is 35.2 Å². The third-order valence-electron chi connectivity index (χ3n) is 4.88. The molecule has 0 saturated heterocycles. The van der Waals surface area contributed by atoms with Crippen molar-refractivity contribution in [2.24, 2.45) is 0 Å². The number of carbonyl (C=O) groups is 2. The molecule has 0 amide bonds.